The van der Waals surface area contributed by atoms with E-state index in [4.69, 9.17) is 18.0 Å². The number of hydrogen-bond acceptors (Lipinski definition) is 2. The average molecular weight is 166 g/mol. The lowest BCUT2D eigenvalue weighted by molar-refractivity contribution is 1.10. The lowest BCUT2D eigenvalue weighted by atomic mass is 10.2. The van der Waals surface area contributed by atoms with Gasteiger partial charge in [0.15, 0.2) is 0 Å². The van der Waals surface area contributed by atoms with Gasteiger partial charge in [0.2, 0.25) is 0 Å². The second kappa shape index (κ2) is 3.44. The van der Waals surface area contributed by atoms with Crippen molar-refractivity contribution in [3.05, 3.63) is 29.6 Å². The van der Waals surface area contributed by atoms with Crippen LogP contribution < -0.4 is 5.73 Å². The van der Waals surface area contributed by atoms with E-state index in [-0.39, 0.29) is 0 Å². The molecule has 58 valence electrons. The first kappa shape index (κ1) is 8.14. The van der Waals surface area contributed by atoms with Crippen LogP contribution >= 0.6 is 12.2 Å². The van der Waals surface area contributed by atoms with E-state index >= 15 is 0 Å². The third kappa shape index (κ3) is 1.98. The van der Waals surface area contributed by atoms with E-state index in [0.717, 1.165) is 17.5 Å². The van der Waals surface area contributed by atoms with Gasteiger partial charge in [0.05, 0.1) is 0 Å². The Hall–Kier alpha value is -0.960. The molecule has 1 aromatic rings. The molecule has 3 heteroatoms. The average Bonchev–Trinajstić information content (AvgIpc) is 2.05. The highest BCUT2D eigenvalue weighted by Gasteiger charge is 1.96. The van der Waals surface area contributed by atoms with E-state index in [1.165, 1.54) is 0 Å². The molecule has 0 saturated carbocycles. The third-order valence-electron chi connectivity index (χ3n) is 1.49. The van der Waals surface area contributed by atoms with Crippen molar-refractivity contribution in [2.45, 2.75) is 13.3 Å². The van der Waals surface area contributed by atoms with Gasteiger partial charge in [-0.2, -0.15) is 0 Å². The maximum Gasteiger partial charge on any atom is 0.105 e. The Bertz CT molecular complexity index is 271. The Labute approximate surface area is 71.4 Å². The number of aromatic nitrogens is 1. The highest BCUT2D eigenvalue weighted by atomic mass is 32.1. The first-order chi connectivity index (χ1) is 5.24. The van der Waals surface area contributed by atoms with Crippen molar-refractivity contribution in [3.63, 3.8) is 0 Å². The summed E-state index contributed by atoms with van der Waals surface area (Å²) in [5.74, 6) is 0. The summed E-state index contributed by atoms with van der Waals surface area (Å²) >= 11 is 4.81. The van der Waals surface area contributed by atoms with Crippen LogP contribution in [-0.4, -0.2) is 9.97 Å². The fraction of sp³-hybridized carbons (Fsp3) is 0.250. The zero-order valence-corrected chi connectivity index (χ0v) is 7.19. The van der Waals surface area contributed by atoms with Gasteiger partial charge in [-0.15, -0.1) is 0 Å². The van der Waals surface area contributed by atoms with Crippen LogP contribution in [0.3, 0.4) is 0 Å². The molecule has 0 aliphatic heterocycles. The third-order valence-corrected chi connectivity index (χ3v) is 1.72. The lowest BCUT2D eigenvalue weighted by Crippen LogP contribution is -2.09. The molecule has 2 nitrogen and oxygen atoms in total. The zero-order valence-electron chi connectivity index (χ0n) is 6.37. The minimum absolute atomic E-state index is 0.410. The highest BCUT2D eigenvalue weighted by Crippen LogP contribution is 2.02. The molecular weight excluding hydrogens is 156 g/mol. The number of nitrogens with zero attached hydrogens (tertiary/aromatic N) is 1. The van der Waals surface area contributed by atoms with Crippen molar-refractivity contribution in [1.82, 2.24) is 4.98 Å². The van der Waals surface area contributed by atoms with Gasteiger partial charge < -0.3 is 5.73 Å². The first-order valence-corrected chi connectivity index (χ1v) is 3.88. The molecule has 0 aromatic carbocycles. The summed E-state index contributed by atoms with van der Waals surface area (Å²) in [5, 5.41) is 0. The van der Waals surface area contributed by atoms with E-state index < -0.39 is 0 Å². The number of thiocarbonyl (C=S) groups is 1. The molecule has 1 aromatic heterocycles. The molecule has 1 heterocycles. The largest absolute Gasteiger partial charge is 0.389 e. The monoisotopic (exact) mass is 166 g/mol. The van der Waals surface area contributed by atoms with Crippen LogP contribution in [0.15, 0.2) is 18.5 Å². The number of aryl methyl sites for hydroxylation is 1. The molecule has 0 aliphatic rings. The summed E-state index contributed by atoms with van der Waals surface area (Å²) in [6, 6.07) is 1.97. The first-order valence-electron chi connectivity index (χ1n) is 3.47. The van der Waals surface area contributed by atoms with Crippen molar-refractivity contribution in [3.8, 4) is 0 Å². The van der Waals surface area contributed by atoms with Gasteiger partial charge in [-0.25, -0.2) is 0 Å². The molecule has 0 fully saturated rings. The zero-order chi connectivity index (χ0) is 8.27. The number of pyridine rings is 1. The van der Waals surface area contributed by atoms with E-state index in [1.54, 1.807) is 6.20 Å². The van der Waals surface area contributed by atoms with Crippen LogP contribution in [0.5, 0.6) is 0 Å². The van der Waals surface area contributed by atoms with Crippen LogP contribution in [0, 0.1) is 0 Å². The fourth-order valence-corrected chi connectivity index (χ4v) is 0.927. The van der Waals surface area contributed by atoms with Crippen molar-refractivity contribution in [1.29, 1.82) is 0 Å². The standard InChI is InChI=1S/C8H10N2S/c1-2-6-3-7(8(9)11)5-10-4-6/h3-5H,2H2,1H3,(H2,9,11). The van der Waals surface area contributed by atoms with Gasteiger partial charge in [-0.1, -0.05) is 19.1 Å². The van der Waals surface area contributed by atoms with Gasteiger partial charge >= 0.3 is 0 Å². The number of rotatable bonds is 2. The Kier molecular flexibility index (Phi) is 2.54. The topological polar surface area (TPSA) is 38.9 Å². The molecule has 0 unspecified atom stereocenters. The molecule has 11 heavy (non-hydrogen) atoms. The molecule has 1 rings (SSSR count). The predicted molar refractivity (Wildman–Crippen MR) is 49.5 cm³/mol. The van der Waals surface area contributed by atoms with Gasteiger partial charge in [-0.3, -0.25) is 4.98 Å². The number of nitrogens with two attached hydrogens (primary N) is 1. The van der Waals surface area contributed by atoms with E-state index in [0.29, 0.717) is 4.99 Å². The molecule has 0 atom stereocenters. The van der Waals surface area contributed by atoms with E-state index in [9.17, 15) is 0 Å². The SMILES string of the molecule is CCc1cncc(C(N)=S)c1. The summed E-state index contributed by atoms with van der Waals surface area (Å²) in [5.41, 5.74) is 7.44. The highest BCUT2D eigenvalue weighted by molar-refractivity contribution is 7.80. The fourth-order valence-electron chi connectivity index (χ4n) is 0.816. The van der Waals surface area contributed by atoms with Crippen molar-refractivity contribution < 1.29 is 0 Å². The van der Waals surface area contributed by atoms with Gasteiger partial charge in [0.1, 0.15) is 4.99 Å². The second-order valence-electron chi connectivity index (χ2n) is 2.30. The smallest absolute Gasteiger partial charge is 0.105 e. The molecule has 0 radical (unpaired) electrons. The van der Waals surface area contributed by atoms with Crippen LogP contribution in [0.1, 0.15) is 18.1 Å². The Morgan fingerprint density at radius 2 is 2.36 bits per heavy atom. The van der Waals surface area contributed by atoms with Crippen LogP contribution in [-0.2, 0) is 6.42 Å². The maximum atomic E-state index is 5.43. The molecule has 2 N–H and O–H groups in total. The molecule has 0 amide bonds. The summed E-state index contributed by atoms with van der Waals surface area (Å²) in [7, 11) is 0. The maximum absolute atomic E-state index is 5.43. The molecule has 0 saturated heterocycles. The number of hydrogen-bond donors (Lipinski definition) is 1. The minimum atomic E-state index is 0.410. The quantitative estimate of drug-likeness (QED) is 0.673. The second-order valence-corrected chi connectivity index (χ2v) is 2.74. The normalized spacial score (nSPS) is 9.55. The van der Waals surface area contributed by atoms with Crippen molar-refractivity contribution in [2.75, 3.05) is 0 Å². The summed E-state index contributed by atoms with van der Waals surface area (Å²) < 4.78 is 0. The molecule has 0 spiro atoms. The van der Waals surface area contributed by atoms with Gasteiger partial charge in [0.25, 0.3) is 0 Å². The van der Waals surface area contributed by atoms with Crippen LogP contribution in [0.25, 0.3) is 0 Å². The molecular formula is C8H10N2S. The predicted octanol–water partition coefficient (Wildman–Crippen LogP) is 1.28. The molecule has 0 bridgehead atoms. The Morgan fingerprint density at radius 3 is 2.91 bits per heavy atom. The Morgan fingerprint density at radius 1 is 1.64 bits per heavy atom. The van der Waals surface area contributed by atoms with Crippen LogP contribution in [0.4, 0.5) is 0 Å². The van der Waals surface area contributed by atoms with E-state index in [1.807, 2.05) is 12.3 Å². The van der Waals surface area contributed by atoms with E-state index in [2.05, 4.69) is 11.9 Å². The van der Waals surface area contributed by atoms with Crippen molar-refractivity contribution >= 4 is 17.2 Å². The summed E-state index contributed by atoms with van der Waals surface area (Å²) in [4.78, 5) is 4.42. The summed E-state index contributed by atoms with van der Waals surface area (Å²) in [6.07, 6.45) is 4.46. The van der Waals surface area contributed by atoms with Crippen LogP contribution in [0.2, 0.25) is 0 Å². The van der Waals surface area contributed by atoms with Gasteiger partial charge in [0, 0.05) is 18.0 Å². The lowest BCUT2D eigenvalue weighted by Gasteiger charge is -1.99. The molecule has 0 aliphatic carbocycles. The van der Waals surface area contributed by atoms with Gasteiger partial charge in [-0.05, 0) is 18.1 Å². The summed E-state index contributed by atoms with van der Waals surface area (Å²) in [6.45, 7) is 2.07. The Balaban J connectivity index is 3.01. The van der Waals surface area contributed by atoms with Crippen molar-refractivity contribution in [2.24, 2.45) is 5.73 Å². The minimum Gasteiger partial charge on any atom is -0.389 e.